The van der Waals surface area contributed by atoms with Gasteiger partial charge in [-0.1, -0.05) is 50.4 Å². The molecule has 11 nitrogen and oxygen atoms in total. The molecule has 12 heteroatoms. The van der Waals surface area contributed by atoms with Gasteiger partial charge in [0, 0.05) is 84.8 Å². The summed E-state index contributed by atoms with van der Waals surface area (Å²) in [5, 5.41) is 18.9. The second-order valence-corrected chi connectivity index (χ2v) is 13.1. The minimum atomic E-state index is -0.377. The van der Waals surface area contributed by atoms with E-state index in [1.54, 1.807) is 48.7 Å². The third-order valence-corrected chi connectivity index (χ3v) is 9.34. The highest BCUT2D eigenvalue weighted by Crippen LogP contribution is 2.29. The highest BCUT2D eigenvalue weighted by atomic mass is 19.1. The monoisotopic (exact) mass is 758 g/mol. The second-order valence-electron chi connectivity index (χ2n) is 13.1. The first-order valence-corrected chi connectivity index (χ1v) is 19.0. The zero-order chi connectivity index (χ0) is 39.9. The Hall–Kier alpha value is -6.14. The van der Waals surface area contributed by atoms with Gasteiger partial charge in [-0.15, -0.1) is 0 Å². The van der Waals surface area contributed by atoms with Crippen LogP contribution in [0.5, 0.6) is 0 Å². The molecule has 0 saturated carbocycles. The number of hydrogen-bond donors (Lipinski definition) is 4. The van der Waals surface area contributed by atoms with Crippen molar-refractivity contribution in [1.29, 1.82) is 0 Å². The Bertz CT molecular complexity index is 2080. The largest absolute Gasteiger partial charge is 0.382 e. The molecule has 1 saturated heterocycles. The van der Waals surface area contributed by atoms with Gasteiger partial charge in [-0.05, 0) is 98.5 Å². The van der Waals surface area contributed by atoms with E-state index in [1.165, 1.54) is 12.3 Å². The fourth-order valence-corrected chi connectivity index (χ4v) is 6.41. The van der Waals surface area contributed by atoms with Crippen molar-refractivity contribution >= 4 is 35.4 Å². The van der Waals surface area contributed by atoms with Crippen molar-refractivity contribution in [2.45, 2.75) is 65.7 Å². The predicted octanol–water partition coefficient (Wildman–Crippen LogP) is 7.55. The lowest BCUT2D eigenvalue weighted by Gasteiger charge is -2.27. The van der Waals surface area contributed by atoms with Crippen LogP contribution >= 0.6 is 0 Å². The van der Waals surface area contributed by atoms with Crippen LogP contribution in [0.15, 0.2) is 108 Å². The number of hydrazone groups is 1. The molecule has 0 radical (unpaired) electrons. The molecule has 0 atom stereocenters. The maximum absolute atomic E-state index is 15.1. The molecule has 3 aromatic carbocycles. The predicted molar refractivity (Wildman–Crippen MR) is 224 cm³/mol. The molecule has 0 unspecified atom stereocenters. The van der Waals surface area contributed by atoms with E-state index in [1.807, 2.05) is 56.1 Å². The van der Waals surface area contributed by atoms with Crippen molar-refractivity contribution < 1.29 is 18.7 Å². The van der Waals surface area contributed by atoms with E-state index in [2.05, 4.69) is 44.5 Å². The smallest absolute Gasteiger partial charge is 0.251 e. The number of aryl methyl sites for hydroxylation is 1. The van der Waals surface area contributed by atoms with Gasteiger partial charge in [-0.3, -0.25) is 14.6 Å². The average molecular weight is 759 g/mol. The normalized spacial score (nSPS) is 13.2. The van der Waals surface area contributed by atoms with Gasteiger partial charge < -0.3 is 26.0 Å². The van der Waals surface area contributed by atoms with E-state index in [9.17, 15) is 9.59 Å². The summed E-state index contributed by atoms with van der Waals surface area (Å²) >= 11 is 0. The van der Waals surface area contributed by atoms with Gasteiger partial charge in [0.1, 0.15) is 11.7 Å². The first kappa shape index (κ1) is 41.0. The van der Waals surface area contributed by atoms with Crippen molar-refractivity contribution in [1.82, 2.24) is 20.9 Å². The molecule has 56 heavy (non-hydrogen) atoms. The van der Waals surface area contributed by atoms with Crippen molar-refractivity contribution in [3.8, 4) is 11.1 Å². The molecule has 1 aliphatic heterocycles. The molecule has 2 amide bonds. The number of aliphatic imine (C=N–C) groups is 1. The quantitative estimate of drug-likeness (QED) is 0.0497. The molecule has 5 rings (SSSR count). The van der Waals surface area contributed by atoms with Gasteiger partial charge in [0.05, 0.1) is 6.54 Å². The summed E-state index contributed by atoms with van der Waals surface area (Å²) in [6.45, 7) is 16.1. The van der Waals surface area contributed by atoms with Crippen LogP contribution in [0, 0.1) is 5.82 Å². The summed E-state index contributed by atoms with van der Waals surface area (Å²) in [4.78, 5) is 36.3. The van der Waals surface area contributed by atoms with Crippen molar-refractivity contribution in [3.63, 3.8) is 0 Å². The Labute approximate surface area is 328 Å². The summed E-state index contributed by atoms with van der Waals surface area (Å²) in [7, 11) is 0. The van der Waals surface area contributed by atoms with Crippen molar-refractivity contribution in [2.75, 3.05) is 30.1 Å². The Morgan fingerprint density at radius 1 is 0.946 bits per heavy atom. The number of amides is 2. The Kier molecular flexibility index (Phi) is 15.0. The first-order chi connectivity index (χ1) is 27.3. The molecule has 0 aliphatic carbocycles. The minimum Gasteiger partial charge on any atom is -0.382 e. The van der Waals surface area contributed by atoms with Crippen LogP contribution in [0.2, 0.25) is 0 Å². The van der Waals surface area contributed by atoms with E-state index in [-0.39, 0.29) is 36.8 Å². The fourth-order valence-electron chi connectivity index (χ4n) is 6.41. The van der Waals surface area contributed by atoms with Crippen LogP contribution in [0.4, 0.5) is 15.9 Å². The number of nitrogens with one attached hydrogen (secondary N) is 4. The molecular weight excluding hydrogens is 708 g/mol. The van der Waals surface area contributed by atoms with E-state index < -0.39 is 0 Å². The average Bonchev–Trinajstić information content (AvgIpc) is 3.23. The Morgan fingerprint density at radius 3 is 2.36 bits per heavy atom. The zero-order valence-electron chi connectivity index (χ0n) is 32.4. The van der Waals surface area contributed by atoms with Crippen molar-refractivity contribution in [2.24, 2.45) is 10.1 Å². The molecular formula is C44H51FN8O3. The highest BCUT2D eigenvalue weighted by Gasteiger charge is 2.21. The molecule has 1 aliphatic rings. The summed E-state index contributed by atoms with van der Waals surface area (Å²) in [6.07, 6.45) is 7.28. The zero-order valence-corrected chi connectivity index (χ0v) is 32.4. The van der Waals surface area contributed by atoms with Crippen LogP contribution < -0.4 is 26.3 Å². The molecule has 4 N–H and O–H groups in total. The number of rotatable bonds is 17. The van der Waals surface area contributed by atoms with Gasteiger partial charge in [0.2, 0.25) is 0 Å². The number of nitrogens with zero attached hydrogens (tertiary/aromatic N) is 4. The number of pyridine rings is 1. The number of hydrogen-bond acceptors (Lipinski definition) is 8. The molecule has 1 aromatic heterocycles. The number of aromatic nitrogens is 1. The van der Waals surface area contributed by atoms with E-state index in [4.69, 9.17) is 9.72 Å². The number of benzene rings is 3. The van der Waals surface area contributed by atoms with Crippen LogP contribution in [-0.4, -0.2) is 54.6 Å². The molecule has 0 spiro atoms. The summed E-state index contributed by atoms with van der Waals surface area (Å²) < 4.78 is 20.6. The van der Waals surface area contributed by atoms with Gasteiger partial charge in [-0.2, -0.15) is 5.10 Å². The molecule has 0 bridgehead atoms. The lowest BCUT2D eigenvalue weighted by atomic mass is 10.00. The van der Waals surface area contributed by atoms with E-state index in [0.717, 1.165) is 46.7 Å². The molecule has 4 aromatic rings. The topological polar surface area (TPSA) is 132 Å². The van der Waals surface area contributed by atoms with Gasteiger partial charge in [0.25, 0.3) is 11.8 Å². The fraction of sp³-hybridized carbons (Fsp3) is 0.295. The SMILES string of the molecule is C=CNC(C=C)=NCc1cccc(-c2cc(CNC(=O)c3cccc(C(=O)NCc4c(NC5CCOCC5)cc(N(CC)/N=C\C)nc4CC)c3)ccc2F)c1. The summed E-state index contributed by atoms with van der Waals surface area (Å²) in [5.41, 5.74) is 6.06. The van der Waals surface area contributed by atoms with E-state index >= 15 is 4.39 Å². The summed E-state index contributed by atoms with van der Waals surface area (Å²) in [6, 6.07) is 21.1. The first-order valence-electron chi connectivity index (χ1n) is 19.0. The number of halogens is 1. The maximum Gasteiger partial charge on any atom is 0.251 e. The number of amidine groups is 1. The van der Waals surface area contributed by atoms with Crippen LogP contribution in [0.25, 0.3) is 11.1 Å². The lowest BCUT2D eigenvalue weighted by molar-refractivity contribution is 0.0904. The van der Waals surface area contributed by atoms with Crippen molar-refractivity contribution in [3.05, 3.63) is 138 Å². The number of ether oxygens (including phenoxy) is 1. The number of anilines is 2. The number of carbonyl (C=O) groups is 2. The summed E-state index contributed by atoms with van der Waals surface area (Å²) in [5.74, 6) is 0.264. The molecule has 292 valence electrons. The standard InChI is InChI=1S/C44H51FN8O3/c1-6-39-37(40(51-35-19-21-56-22-20-35)26-42(52-39)53(10-5)50-9-4)29-49-44(55)34-16-12-15-33(25-34)43(54)48-28-31-17-18-38(45)36(24-31)32-14-11-13-30(23-32)27-47-41(7-2)46-8-3/h7-9,11-18,23-26,35H,2-3,6,10,19-22,27-29H2,1,4-5H3,(H,46,47)(H,48,54)(H,49,55)(H,51,52)/b50-9-. The van der Waals surface area contributed by atoms with Crippen LogP contribution in [0.1, 0.15) is 76.7 Å². The van der Waals surface area contributed by atoms with Crippen LogP contribution in [0.3, 0.4) is 0 Å². The van der Waals surface area contributed by atoms with E-state index in [0.29, 0.717) is 60.8 Å². The van der Waals surface area contributed by atoms with Gasteiger partial charge in [-0.25, -0.2) is 14.4 Å². The lowest BCUT2D eigenvalue weighted by Crippen LogP contribution is -2.30. The second kappa shape index (κ2) is 20.5. The maximum atomic E-state index is 15.1. The third kappa shape index (κ3) is 11.0. The number of carbonyl (C=O) groups excluding carboxylic acids is 2. The molecule has 2 heterocycles. The molecule has 1 fully saturated rings. The minimum absolute atomic E-state index is 0.160. The Morgan fingerprint density at radius 2 is 1.68 bits per heavy atom. The Balaban J connectivity index is 1.27. The highest BCUT2D eigenvalue weighted by molar-refractivity contribution is 5.99. The van der Waals surface area contributed by atoms with Gasteiger partial charge >= 0.3 is 0 Å². The van der Waals surface area contributed by atoms with Gasteiger partial charge in [0.15, 0.2) is 5.82 Å². The third-order valence-electron chi connectivity index (χ3n) is 9.34. The van der Waals surface area contributed by atoms with Crippen LogP contribution in [-0.2, 0) is 30.8 Å².